The van der Waals surface area contributed by atoms with Crippen molar-refractivity contribution < 1.29 is 9.59 Å². The Morgan fingerprint density at radius 3 is 2.76 bits per heavy atom. The lowest BCUT2D eigenvalue weighted by atomic mass is 9.95. The first-order valence-corrected chi connectivity index (χ1v) is 8.36. The van der Waals surface area contributed by atoms with Crippen LogP contribution < -0.4 is 5.32 Å². The zero-order valence-electron chi connectivity index (χ0n) is 13.2. The molecule has 116 valence electrons. The topological polar surface area (TPSA) is 49.4 Å². The SMILES string of the molecule is CCC1c2ccsc2CCN1C(=O)CNC(=O)C(C)(C)C. The zero-order chi connectivity index (χ0) is 15.6. The third-order valence-electron chi connectivity index (χ3n) is 3.88. The molecule has 0 spiro atoms. The van der Waals surface area contributed by atoms with Crippen molar-refractivity contribution in [1.82, 2.24) is 10.2 Å². The van der Waals surface area contributed by atoms with Crippen molar-refractivity contribution in [3.05, 3.63) is 21.9 Å². The van der Waals surface area contributed by atoms with Gasteiger partial charge in [0.05, 0.1) is 12.6 Å². The summed E-state index contributed by atoms with van der Waals surface area (Å²) in [4.78, 5) is 27.6. The Hall–Kier alpha value is -1.36. The zero-order valence-corrected chi connectivity index (χ0v) is 14.0. The molecular formula is C16H24N2O2S. The second-order valence-corrected chi connectivity index (χ2v) is 7.49. The summed E-state index contributed by atoms with van der Waals surface area (Å²) >= 11 is 1.77. The maximum Gasteiger partial charge on any atom is 0.242 e. The Morgan fingerprint density at radius 1 is 1.43 bits per heavy atom. The molecule has 2 heterocycles. The van der Waals surface area contributed by atoms with E-state index < -0.39 is 5.41 Å². The molecular weight excluding hydrogens is 284 g/mol. The number of hydrogen-bond donors (Lipinski definition) is 1. The molecule has 1 aromatic heterocycles. The number of carbonyl (C=O) groups excluding carboxylic acids is 2. The van der Waals surface area contributed by atoms with Crippen molar-refractivity contribution in [2.24, 2.45) is 5.41 Å². The molecule has 2 rings (SSSR count). The average molecular weight is 308 g/mol. The smallest absolute Gasteiger partial charge is 0.242 e. The molecule has 0 saturated heterocycles. The number of hydrogen-bond acceptors (Lipinski definition) is 3. The molecule has 0 bridgehead atoms. The average Bonchev–Trinajstić information content (AvgIpc) is 2.90. The molecule has 1 unspecified atom stereocenters. The Balaban J connectivity index is 2.02. The number of nitrogens with zero attached hydrogens (tertiary/aromatic N) is 1. The van der Waals surface area contributed by atoms with Crippen LogP contribution in [0.1, 0.15) is 50.6 Å². The minimum absolute atomic E-state index is 0.0105. The van der Waals surface area contributed by atoms with Crippen molar-refractivity contribution >= 4 is 23.2 Å². The van der Waals surface area contributed by atoms with Gasteiger partial charge in [0.25, 0.3) is 0 Å². The first-order valence-electron chi connectivity index (χ1n) is 7.48. The predicted molar refractivity (Wildman–Crippen MR) is 85.2 cm³/mol. The van der Waals surface area contributed by atoms with Crippen LogP contribution >= 0.6 is 11.3 Å². The van der Waals surface area contributed by atoms with Crippen molar-refractivity contribution in [3.63, 3.8) is 0 Å². The summed E-state index contributed by atoms with van der Waals surface area (Å²) in [6.45, 7) is 8.48. The highest BCUT2D eigenvalue weighted by atomic mass is 32.1. The molecule has 2 amide bonds. The molecule has 0 radical (unpaired) electrons. The van der Waals surface area contributed by atoms with Gasteiger partial charge in [0, 0.05) is 16.8 Å². The first kappa shape index (κ1) is 16.0. The van der Waals surface area contributed by atoms with Gasteiger partial charge >= 0.3 is 0 Å². The van der Waals surface area contributed by atoms with E-state index in [9.17, 15) is 9.59 Å². The lowest BCUT2D eigenvalue weighted by Crippen LogP contribution is -2.46. The van der Waals surface area contributed by atoms with Gasteiger partial charge in [0.1, 0.15) is 0 Å². The molecule has 0 aromatic carbocycles. The maximum atomic E-state index is 12.4. The van der Waals surface area contributed by atoms with Crippen LogP contribution in [0.25, 0.3) is 0 Å². The highest BCUT2D eigenvalue weighted by Crippen LogP contribution is 2.35. The monoisotopic (exact) mass is 308 g/mol. The number of thiophene rings is 1. The van der Waals surface area contributed by atoms with E-state index in [4.69, 9.17) is 0 Å². The summed E-state index contributed by atoms with van der Waals surface area (Å²) < 4.78 is 0. The summed E-state index contributed by atoms with van der Waals surface area (Å²) in [5.41, 5.74) is 0.816. The van der Waals surface area contributed by atoms with E-state index in [2.05, 4.69) is 23.7 Å². The van der Waals surface area contributed by atoms with Gasteiger partial charge in [-0.3, -0.25) is 9.59 Å². The summed E-state index contributed by atoms with van der Waals surface area (Å²) in [6.07, 6.45) is 1.82. The van der Waals surface area contributed by atoms with Crippen molar-refractivity contribution in [2.45, 2.75) is 46.6 Å². The fourth-order valence-corrected chi connectivity index (χ4v) is 3.59. The quantitative estimate of drug-likeness (QED) is 0.933. The van der Waals surface area contributed by atoms with Gasteiger partial charge in [0.15, 0.2) is 0 Å². The van der Waals surface area contributed by atoms with E-state index in [1.165, 1.54) is 10.4 Å². The molecule has 1 aromatic rings. The second kappa shape index (κ2) is 6.18. The van der Waals surface area contributed by atoms with E-state index >= 15 is 0 Å². The second-order valence-electron chi connectivity index (χ2n) is 6.49. The molecule has 5 heteroatoms. The van der Waals surface area contributed by atoms with E-state index in [0.29, 0.717) is 0 Å². The first-order chi connectivity index (χ1) is 9.84. The van der Waals surface area contributed by atoms with Crippen LogP contribution in [-0.4, -0.2) is 29.8 Å². The summed E-state index contributed by atoms with van der Waals surface area (Å²) in [5, 5.41) is 4.85. The van der Waals surface area contributed by atoms with E-state index in [1.807, 2.05) is 25.7 Å². The third kappa shape index (κ3) is 3.46. The number of fused-ring (bicyclic) bond motifs is 1. The van der Waals surface area contributed by atoms with Crippen LogP contribution in [0, 0.1) is 5.41 Å². The molecule has 21 heavy (non-hydrogen) atoms. The van der Waals surface area contributed by atoms with Crippen LogP contribution in [0.5, 0.6) is 0 Å². The van der Waals surface area contributed by atoms with Crippen molar-refractivity contribution in [1.29, 1.82) is 0 Å². The van der Waals surface area contributed by atoms with Crippen LogP contribution in [0.3, 0.4) is 0 Å². The molecule has 1 aliphatic heterocycles. The fraction of sp³-hybridized carbons (Fsp3) is 0.625. The van der Waals surface area contributed by atoms with Crippen LogP contribution in [0.15, 0.2) is 11.4 Å². The molecule has 1 aliphatic rings. The Morgan fingerprint density at radius 2 is 2.14 bits per heavy atom. The minimum atomic E-state index is -0.465. The lowest BCUT2D eigenvalue weighted by Gasteiger charge is -2.35. The summed E-state index contributed by atoms with van der Waals surface area (Å²) in [7, 11) is 0. The van der Waals surface area contributed by atoms with Gasteiger partial charge in [-0.05, 0) is 29.9 Å². The van der Waals surface area contributed by atoms with Crippen molar-refractivity contribution in [2.75, 3.05) is 13.1 Å². The van der Waals surface area contributed by atoms with Gasteiger partial charge in [-0.1, -0.05) is 27.7 Å². The number of amides is 2. The fourth-order valence-electron chi connectivity index (χ4n) is 2.66. The van der Waals surface area contributed by atoms with Gasteiger partial charge in [-0.25, -0.2) is 0 Å². The van der Waals surface area contributed by atoms with Gasteiger partial charge in [0.2, 0.25) is 11.8 Å². The van der Waals surface area contributed by atoms with Gasteiger partial charge < -0.3 is 10.2 Å². The lowest BCUT2D eigenvalue weighted by molar-refractivity contribution is -0.137. The standard InChI is InChI=1S/C16H24N2O2S/c1-5-12-11-7-9-21-13(11)6-8-18(12)14(19)10-17-15(20)16(2,3)4/h7,9,12H,5-6,8,10H2,1-4H3,(H,17,20). The summed E-state index contributed by atoms with van der Waals surface area (Å²) in [6, 6.07) is 2.28. The number of rotatable bonds is 3. The third-order valence-corrected chi connectivity index (χ3v) is 4.88. The van der Waals surface area contributed by atoms with Crippen LogP contribution in [0.2, 0.25) is 0 Å². The molecule has 1 atom stereocenters. The Kier molecular flexibility index (Phi) is 4.71. The number of nitrogens with one attached hydrogen (secondary N) is 1. The predicted octanol–water partition coefficient (Wildman–Crippen LogP) is 2.75. The Labute approximate surface area is 130 Å². The molecule has 1 N–H and O–H groups in total. The van der Waals surface area contributed by atoms with E-state index in [1.54, 1.807) is 11.3 Å². The summed E-state index contributed by atoms with van der Waals surface area (Å²) in [5.74, 6) is -0.0755. The normalized spacial score (nSPS) is 18.3. The van der Waals surface area contributed by atoms with Crippen molar-refractivity contribution in [3.8, 4) is 0 Å². The highest BCUT2D eigenvalue weighted by Gasteiger charge is 2.31. The molecule has 0 saturated carbocycles. The Bertz CT molecular complexity index is 531. The van der Waals surface area contributed by atoms with E-state index in [-0.39, 0.29) is 24.4 Å². The molecule has 0 fully saturated rings. The molecule has 0 aliphatic carbocycles. The van der Waals surface area contributed by atoms with Gasteiger partial charge in [-0.15, -0.1) is 11.3 Å². The maximum absolute atomic E-state index is 12.4. The molecule has 4 nitrogen and oxygen atoms in total. The highest BCUT2D eigenvalue weighted by molar-refractivity contribution is 7.10. The van der Waals surface area contributed by atoms with E-state index in [0.717, 1.165) is 19.4 Å². The van der Waals surface area contributed by atoms with Gasteiger partial charge in [-0.2, -0.15) is 0 Å². The minimum Gasteiger partial charge on any atom is -0.347 e. The van der Waals surface area contributed by atoms with Crippen LogP contribution in [-0.2, 0) is 16.0 Å². The van der Waals surface area contributed by atoms with Crippen LogP contribution in [0.4, 0.5) is 0 Å². The largest absolute Gasteiger partial charge is 0.347 e. The number of carbonyl (C=O) groups is 2.